The molecule has 0 aromatic heterocycles. The van der Waals surface area contributed by atoms with Crippen molar-refractivity contribution in [1.82, 2.24) is 5.32 Å². The van der Waals surface area contributed by atoms with E-state index in [4.69, 9.17) is 11.6 Å². The number of benzene rings is 1. The van der Waals surface area contributed by atoms with Crippen LogP contribution in [0.25, 0.3) is 6.08 Å². The van der Waals surface area contributed by atoms with Gasteiger partial charge in [-0.2, -0.15) is 0 Å². The third kappa shape index (κ3) is 4.13. The van der Waals surface area contributed by atoms with Crippen LogP contribution < -0.4 is 5.32 Å². The van der Waals surface area contributed by atoms with Gasteiger partial charge >= 0.3 is 0 Å². The Morgan fingerprint density at radius 2 is 2.22 bits per heavy atom. The zero-order valence-electron chi connectivity index (χ0n) is 10.6. The Balaban J connectivity index is 2.98. The monoisotopic (exact) mass is 268 g/mol. The molecule has 1 aromatic carbocycles. The Kier molecular flexibility index (Phi) is 5.82. The molecule has 0 amide bonds. The predicted octanol–water partition coefficient (Wildman–Crippen LogP) is 3.65. The quantitative estimate of drug-likeness (QED) is 0.633. The number of nitro groups is 1. The smallest absolute Gasteiger partial charge is 0.288 e. The second kappa shape index (κ2) is 7.13. The Morgan fingerprint density at radius 1 is 1.50 bits per heavy atom. The molecule has 4 nitrogen and oxygen atoms in total. The number of rotatable bonds is 6. The van der Waals surface area contributed by atoms with E-state index in [1.54, 1.807) is 12.1 Å². The van der Waals surface area contributed by atoms with Crippen LogP contribution in [0.3, 0.4) is 0 Å². The highest BCUT2D eigenvalue weighted by Gasteiger charge is 2.11. The van der Waals surface area contributed by atoms with Gasteiger partial charge in [-0.15, -0.1) is 0 Å². The molecule has 0 aliphatic carbocycles. The third-order valence-corrected chi connectivity index (χ3v) is 2.91. The summed E-state index contributed by atoms with van der Waals surface area (Å²) >= 11 is 5.77. The second-order valence-corrected chi connectivity index (χ2v) is 4.31. The molecule has 1 rings (SSSR count). The molecule has 0 aliphatic heterocycles. The Bertz CT molecular complexity index is 458. The molecule has 0 heterocycles. The summed E-state index contributed by atoms with van der Waals surface area (Å²) in [5.41, 5.74) is 1.96. The number of hydrogen-bond donors (Lipinski definition) is 1. The number of nitrogens with zero attached hydrogens (tertiary/aromatic N) is 1. The highest BCUT2D eigenvalue weighted by molar-refractivity contribution is 6.32. The minimum absolute atomic E-state index is 0.0516. The summed E-state index contributed by atoms with van der Waals surface area (Å²) in [7, 11) is 0. The molecular formula is C13H17ClN2O2. The fourth-order valence-electron chi connectivity index (χ4n) is 1.56. The SMILES string of the molecule is CCNCC(=Cc1ccc(Cl)c([N+](=O)[O-])c1)CC. The van der Waals surface area contributed by atoms with Crippen molar-refractivity contribution in [2.75, 3.05) is 13.1 Å². The van der Waals surface area contributed by atoms with Crippen LogP contribution >= 0.6 is 11.6 Å². The molecule has 0 spiro atoms. The average molecular weight is 269 g/mol. The fourth-order valence-corrected chi connectivity index (χ4v) is 1.75. The van der Waals surface area contributed by atoms with E-state index < -0.39 is 4.92 Å². The van der Waals surface area contributed by atoms with Crippen molar-refractivity contribution in [3.63, 3.8) is 0 Å². The van der Waals surface area contributed by atoms with Gasteiger partial charge in [-0.25, -0.2) is 0 Å². The van der Waals surface area contributed by atoms with Gasteiger partial charge in [0.25, 0.3) is 5.69 Å². The molecule has 98 valence electrons. The van der Waals surface area contributed by atoms with E-state index in [1.165, 1.54) is 11.6 Å². The van der Waals surface area contributed by atoms with Crippen LogP contribution in [0.5, 0.6) is 0 Å². The van der Waals surface area contributed by atoms with Crippen molar-refractivity contribution in [3.05, 3.63) is 44.5 Å². The summed E-state index contributed by atoms with van der Waals surface area (Å²) in [6, 6.07) is 4.85. The first-order valence-corrected chi connectivity index (χ1v) is 6.30. The van der Waals surface area contributed by atoms with Crippen LogP contribution in [0.4, 0.5) is 5.69 Å². The first-order valence-electron chi connectivity index (χ1n) is 5.92. The molecule has 0 bridgehead atoms. The summed E-state index contributed by atoms with van der Waals surface area (Å²) < 4.78 is 0. The van der Waals surface area contributed by atoms with Gasteiger partial charge in [-0.3, -0.25) is 10.1 Å². The highest BCUT2D eigenvalue weighted by Crippen LogP contribution is 2.26. The van der Waals surface area contributed by atoms with Gasteiger partial charge in [0.1, 0.15) is 5.02 Å². The molecule has 0 saturated heterocycles. The molecule has 0 atom stereocenters. The molecule has 1 aromatic rings. The van der Waals surface area contributed by atoms with E-state index in [-0.39, 0.29) is 10.7 Å². The van der Waals surface area contributed by atoms with Gasteiger partial charge < -0.3 is 5.32 Å². The van der Waals surface area contributed by atoms with Crippen molar-refractivity contribution >= 4 is 23.4 Å². The van der Waals surface area contributed by atoms with E-state index in [0.717, 1.165) is 25.1 Å². The maximum absolute atomic E-state index is 10.8. The normalized spacial score (nSPS) is 11.6. The molecule has 0 radical (unpaired) electrons. The minimum atomic E-state index is -0.463. The molecule has 0 saturated carbocycles. The van der Waals surface area contributed by atoms with Crippen LogP contribution in [-0.4, -0.2) is 18.0 Å². The van der Waals surface area contributed by atoms with Crippen molar-refractivity contribution in [2.24, 2.45) is 0 Å². The first kappa shape index (κ1) is 14.7. The molecule has 5 heteroatoms. The predicted molar refractivity (Wildman–Crippen MR) is 74.9 cm³/mol. The van der Waals surface area contributed by atoms with E-state index in [9.17, 15) is 10.1 Å². The van der Waals surface area contributed by atoms with Crippen LogP contribution in [0, 0.1) is 10.1 Å². The Labute approximate surface area is 112 Å². The van der Waals surface area contributed by atoms with Gasteiger partial charge in [0, 0.05) is 12.6 Å². The maximum atomic E-state index is 10.8. The lowest BCUT2D eigenvalue weighted by atomic mass is 10.1. The largest absolute Gasteiger partial charge is 0.313 e. The topological polar surface area (TPSA) is 55.2 Å². The van der Waals surface area contributed by atoms with Gasteiger partial charge in [0.05, 0.1) is 4.92 Å². The van der Waals surface area contributed by atoms with E-state index >= 15 is 0 Å². The number of halogens is 1. The molecule has 18 heavy (non-hydrogen) atoms. The van der Waals surface area contributed by atoms with E-state index in [2.05, 4.69) is 12.2 Å². The third-order valence-electron chi connectivity index (χ3n) is 2.59. The molecule has 0 aliphatic rings. The molecular weight excluding hydrogens is 252 g/mol. The molecule has 0 unspecified atom stereocenters. The van der Waals surface area contributed by atoms with Crippen molar-refractivity contribution < 1.29 is 4.92 Å². The summed E-state index contributed by atoms with van der Waals surface area (Å²) in [5.74, 6) is 0. The van der Waals surface area contributed by atoms with E-state index in [0.29, 0.717) is 0 Å². The van der Waals surface area contributed by atoms with E-state index in [1.807, 2.05) is 13.0 Å². The van der Waals surface area contributed by atoms with Gasteiger partial charge in [-0.1, -0.05) is 43.2 Å². The number of nitro benzene ring substituents is 1. The fraction of sp³-hybridized carbons (Fsp3) is 0.385. The molecule has 1 N–H and O–H groups in total. The Hall–Kier alpha value is -1.39. The lowest BCUT2D eigenvalue weighted by Gasteiger charge is -2.05. The summed E-state index contributed by atoms with van der Waals surface area (Å²) in [6.45, 7) is 5.80. The van der Waals surface area contributed by atoms with Crippen LogP contribution in [-0.2, 0) is 0 Å². The minimum Gasteiger partial charge on any atom is -0.313 e. The number of likely N-dealkylation sites (N-methyl/N-ethyl adjacent to an activating group) is 1. The highest BCUT2D eigenvalue weighted by atomic mass is 35.5. The number of nitrogens with one attached hydrogen (secondary N) is 1. The lowest BCUT2D eigenvalue weighted by molar-refractivity contribution is -0.384. The van der Waals surface area contributed by atoms with Crippen molar-refractivity contribution in [1.29, 1.82) is 0 Å². The van der Waals surface area contributed by atoms with Gasteiger partial charge in [0.15, 0.2) is 0 Å². The summed E-state index contributed by atoms with van der Waals surface area (Å²) in [4.78, 5) is 10.3. The zero-order valence-corrected chi connectivity index (χ0v) is 11.3. The zero-order chi connectivity index (χ0) is 13.5. The number of hydrogen-bond acceptors (Lipinski definition) is 3. The Morgan fingerprint density at radius 3 is 2.78 bits per heavy atom. The molecule has 0 fully saturated rings. The van der Waals surface area contributed by atoms with Gasteiger partial charge in [-0.05, 0) is 24.6 Å². The van der Waals surface area contributed by atoms with Crippen molar-refractivity contribution in [3.8, 4) is 0 Å². The van der Waals surface area contributed by atoms with Crippen LogP contribution in [0.1, 0.15) is 25.8 Å². The standard InChI is InChI=1S/C13H17ClN2O2/c1-3-10(9-15-4-2)7-11-5-6-12(14)13(8-11)16(17)18/h5-8,15H,3-4,9H2,1-2H3. The first-order chi connectivity index (χ1) is 8.58. The van der Waals surface area contributed by atoms with Crippen molar-refractivity contribution in [2.45, 2.75) is 20.3 Å². The second-order valence-electron chi connectivity index (χ2n) is 3.90. The van der Waals surface area contributed by atoms with Crippen LogP contribution in [0.2, 0.25) is 5.02 Å². The van der Waals surface area contributed by atoms with Crippen LogP contribution in [0.15, 0.2) is 23.8 Å². The van der Waals surface area contributed by atoms with Gasteiger partial charge in [0.2, 0.25) is 0 Å². The maximum Gasteiger partial charge on any atom is 0.288 e. The summed E-state index contributed by atoms with van der Waals surface area (Å²) in [5, 5.41) is 14.2. The average Bonchev–Trinajstić information content (AvgIpc) is 2.36. The summed E-state index contributed by atoms with van der Waals surface area (Å²) in [6.07, 6.45) is 2.87. The lowest BCUT2D eigenvalue weighted by Crippen LogP contribution is -2.15.